The average Bonchev–Trinajstić information content (AvgIpc) is 2.38. The van der Waals surface area contributed by atoms with Crippen molar-refractivity contribution in [2.24, 2.45) is 23.5 Å². The second kappa shape index (κ2) is 6.71. The monoisotopic (exact) mass is 285 g/mol. The molecule has 2 fully saturated rings. The van der Waals surface area contributed by atoms with Crippen LogP contribution >= 0.6 is 0 Å². The number of nitrogens with two attached hydrogens (primary N) is 1. The van der Waals surface area contributed by atoms with E-state index in [9.17, 15) is 4.21 Å². The van der Waals surface area contributed by atoms with E-state index in [1.165, 1.54) is 19.3 Å². The molecule has 112 valence electrons. The highest BCUT2D eigenvalue weighted by atomic mass is 32.2. The van der Waals surface area contributed by atoms with Crippen molar-refractivity contribution < 1.29 is 4.21 Å². The Bertz CT molecular complexity index is 318. The molecule has 6 unspecified atom stereocenters. The molecule has 0 aliphatic heterocycles. The summed E-state index contributed by atoms with van der Waals surface area (Å²) < 4.78 is 12.9. The third-order valence-electron chi connectivity index (χ3n) is 5.34. The van der Waals surface area contributed by atoms with E-state index in [-0.39, 0.29) is 11.3 Å². The van der Waals surface area contributed by atoms with Crippen molar-refractivity contribution in [1.82, 2.24) is 0 Å². The van der Waals surface area contributed by atoms with Crippen LogP contribution in [-0.4, -0.2) is 20.8 Å². The van der Waals surface area contributed by atoms with Gasteiger partial charge in [-0.3, -0.25) is 4.21 Å². The van der Waals surface area contributed by atoms with Gasteiger partial charge in [-0.1, -0.05) is 33.6 Å². The highest BCUT2D eigenvalue weighted by Crippen LogP contribution is 2.36. The average molecular weight is 285 g/mol. The lowest BCUT2D eigenvalue weighted by molar-refractivity contribution is 0.262. The molecule has 0 spiro atoms. The first kappa shape index (κ1) is 15.5. The molecular weight excluding hydrogens is 254 g/mol. The molecule has 3 heteroatoms. The second-order valence-corrected chi connectivity index (χ2v) is 9.17. The van der Waals surface area contributed by atoms with Crippen molar-refractivity contribution in [1.29, 1.82) is 0 Å². The number of hydrogen-bond acceptors (Lipinski definition) is 2. The molecule has 0 aromatic carbocycles. The number of hydrogen-bond donors (Lipinski definition) is 1. The fourth-order valence-corrected chi connectivity index (χ4v) is 6.22. The summed E-state index contributed by atoms with van der Waals surface area (Å²) in [7, 11) is -0.706. The van der Waals surface area contributed by atoms with E-state index in [0.29, 0.717) is 11.2 Å². The minimum absolute atomic E-state index is 0.174. The van der Waals surface area contributed by atoms with Gasteiger partial charge in [0.1, 0.15) is 0 Å². The molecule has 2 aliphatic rings. The van der Waals surface area contributed by atoms with Crippen LogP contribution in [-0.2, 0) is 10.8 Å². The van der Waals surface area contributed by atoms with Crippen LogP contribution in [0.15, 0.2) is 0 Å². The summed E-state index contributed by atoms with van der Waals surface area (Å²) in [5, 5.41) is 0.683. The van der Waals surface area contributed by atoms with E-state index in [1.54, 1.807) is 0 Å². The van der Waals surface area contributed by atoms with E-state index in [2.05, 4.69) is 20.8 Å². The molecule has 2 aliphatic carbocycles. The maximum absolute atomic E-state index is 12.9. The molecule has 0 saturated heterocycles. The topological polar surface area (TPSA) is 43.1 Å². The Morgan fingerprint density at radius 1 is 1.11 bits per heavy atom. The quantitative estimate of drug-likeness (QED) is 0.863. The molecule has 0 aromatic rings. The lowest BCUT2D eigenvalue weighted by atomic mass is 9.79. The van der Waals surface area contributed by atoms with Gasteiger partial charge < -0.3 is 5.73 Å². The summed E-state index contributed by atoms with van der Waals surface area (Å²) >= 11 is 0. The zero-order chi connectivity index (χ0) is 14.0. The summed E-state index contributed by atoms with van der Waals surface area (Å²) in [6.07, 6.45) is 8.28. The molecule has 2 N–H and O–H groups in total. The Hall–Kier alpha value is 0.110. The van der Waals surface area contributed by atoms with Crippen molar-refractivity contribution in [3.8, 4) is 0 Å². The first-order chi connectivity index (χ1) is 8.99. The highest BCUT2D eigenvalue weighted by Gasteiger charge is 2.37. The third-order valence-corrected chi connectivity index (χ3v) is 7.57. The van der Waals surface area contributed by atoms with Gasteiger partial charge in [-0.2, -0.15) is 0 Å². The zero-order valence-corrected chi connectivity index (χ0v) is 13.6. The molecular formula is C16H31NOS. The minimum Gasteiger partial charge on any atom is -0.327 e. The molecule has 6 atom stereocenters. The van der Waals surface area contributed by atoms with Gasteiger partial charge in [0, 0.05) is 22.1 Å². The maximum atomic E-state index is 12.9. The fraction of sp³-hybridized carbons (Fsp3) is 1.00. The van der Waals surface area contributed by atoms with Crippen LogP contribution in [0.1, 0.15) is 65.7 Å². The lowest BCUT2D eigenvalue weighted by Crippen LogP contribution is -2.46. The molecule has 0 heterocycles. The lowest BCUT2D eigenvalue weighted by Gasteiger charge is -2.38. The molecule has 2 rings (SSSR count). The van der Waals surface area contributed by atoms with E-state index in [0.717, 1.165) is 37.5 Å². The summed E-state index contributed by atoms with van der Waals surface area (Å²) in [4.78, 5) is 0. The maximum Gasteiger partial charge on any atom is 0.0504 e. The summed E-state index contributed by atoms with van der Waals surface area (Å²) in [5.74, 6) is 2.19. The van der Waals surface area contributed by atoms with Crippen molar-refractivity contribution in [3.05, 3.63) is 0 Å². The molecule has 0 aromatic heterocycles. The Morgan fingerprint density at radius 2 is 1.84 bits per heavy atom. The Morgan fingerprint density at radius 3 is 2.47 bits per heavy atom. The second-order valence-electron chi connectivity index (χ2n) is 7.24. The smallest absolute Gasteiger partial charge is 0.0504 e. The van der Waals surface area contributed by atoms with Gasteiger partial charge in [0.2, 0.25) is 0 Å². The first-order valence-corrected chi connectivity index (χ1v) is 9.41. The van der Waals surface area contributed by atoms with Gasteiger partial charge in [0.15, 0.2) is 0 Å². The first-order valence-electron chi connectivity index (χ1n) is 8.14. The van der Waals surface area contributed by atoms with Crippen LogP contribution in [0.2, 0.25) is 0 Å². The van der Waals surface area contributed by atoms with Gasteiger partial charge in [-0.05, 0) is 49.9 Å². The predicted molar refractivity (Wildman–Crippen MR) is 83.5 cm³/mol. The van der Waals surface area contributed by atoms with Gasteiger partial charge in [-0.25, -0.2) is 0 Å². The Labute approximate surface area is 121 Å². The predicted octanol–water partition coefficient (Wildman–Crippen LogP) is 3.47. The van der Waals surface area contributed by atoms with E-state index in [4.69, 9.17) is 5.73 Å². The highest BCUT2D eigenvalue weighted by molar-refractivity contribution is 7.86. The van der Waals surface area contributed by atoms with Crippen LogP contribution < -0.4 is 5.73 Å². The van der Waals surface area contributed by atoms with Gasteiger partial charge in [0.25, 0.3) is 0 Å². The number of rotatable bonds is 3. The van der Waals surface area contributed by atoms with Crippen LogP contribution in [0.5, 0.6) is 0 Å². The fourth-order valence-electron chi connectivity index (χ4n) is 3.89. The molecule has 0 amide bonds. The Kier molecular flexibility index (Phi) is 5.47. The minimum atomic E-state index is -0.706. The van der Waals surface area contributed by atoms with E-state index in [1.807, 2.05) is 0 Å². The van der Waals surface area contributed by atoms with E-state index >= 15 is 0 Å². The van der Waals surface area contributed by atoms with Crippen LogP contribution in [0.3, 0.4) is 0 Å². The van der Waals surface area contributed by atoms with Crippen LogP contribution in [0, 0.1) is 17.8 Å². The van der Waals surface area contributed by atoms with E-state index < -0.39 is 10.8 Å². The normalized spacial score (nSPS) is 42.3. The molecule has 19 heavy (non-hydrogen) atoms. The standard InChI is InChI=1S/C16H31NOS/c1-11(2)13-7-8-15(17)16(10-13)19(18)14-6-4-5-12(3)9-14/h11-16H,4-10,17H2,1-3H3. The zero-order valence-electron chi connectivity index (χ0n) is 12.8. The van der Waals surface area contributed by atoms with Crippen molar-refractivity contribution >= 4 is 10.8 Å². The SMILES string of the molecule is CC1CCCC(S(=O)C2CC(C(C)C)CCC2N)C1. The van der Waals surface area contributed by atoms with Gasteiger partial charge in [0.05, 0.1) is 5.25 Å². The van der Waals surface area contributed by atoms with Crippen molar-refractivity contribution in [2.45, 2.75) is 82.3 Å². The van der Waals surface area contributed by atoms with Gasteiger partial charge >= 0.3 is 0 Å². The Balaban J connectivity index is 1.99. The summed E-state index contributed by atoms with van der Waals surface area (Å²) in [6, 6.07) is 0.174. The van der Waals surface area contributed by atoms with Crippen molar-refractivity contribution in [2.75, 3.05) is 0 Å². The largest absolute Gasteiger partial charge is 0.327 e. The van der Waals surface area contributed by atoms with Gasteiger partial charge in [-0.15, -0.1) is 0 Å². The molecule has 0 radical (unpaired) electrons. The van der Waals surface area contributed by atoms with Crippen LogP contribution in [0.25, 0.3) is 0 Å². The summed E-state index contributed by atoms with van der Waals surface area (Å²) in [6.45, 7) is 6.90. The van der Waals surface area contributed by atoms with Crippen LogP contribution in [0.4, 0.5) is 0 Å². The summed E-state index contributed by atoms with van der Waals surface area (Å²) in [5.41, 5.74) is 6.29. The molecule has 2 nitrogen and oxygen atoms in total. The third kappa shape index (κ3) is 3.81. The molecule has 0 bridgehead atoms. The van der Waals surface area contributed by atoms with Crippen molar-refractivity contribution in [3.63, 3.8) is 0 Å². The molecule has 2 saturated carbocycles.